The number of fused-ring (bicyclic) bond motifs is 9. The first-order valence-corrected chi connectivity index (χ1v) is 24.1. The number of rotatable bonds is 9. The predicted molar refractivity (Wildman–Crippen MR) is 292 cm³/mol. The molecule has 0 unspecified atom stereocenters. The summed E-state index contributed by atoms with van der Waals surface area (Å²) in [6.45, 7) is 0. The van der Waals surface area contributed by atoms with Crippen molar-refractivity contribution in [3.05, 3.63) is 307 Å². The number of nitrogens with zero attached hydrogens (tertiary/aromatic N) is 3. The Kier molecular flexibility index (Phi) is 10.1. The molecule has 2 aliphatic rings. The van der Waals surface area contributed by atoms with Crippen LogP contribution in [0.3, 0.4) is 0 Å². The Labute approximate surface area is 410 Å². The van der Waals surface area contributed by atoms with E-state index in [0.29, 0.717) is 0 Å². The molecule has 0 bridgehead atoms. The van der Waals surface area contributed by atoms with E-state index in [4.69, 9.17) is 0 Å². The van der Waals surface area contributed by atoms with E-state index in [1.807, 2.05) is 0 Å². The number of benzene rings is 11. The van der Waals surface area contributed by atoms with Crippen LogP contribution < -0.4 is 14.7 Å². The van der Waals surface area contributed by atoms with E-state index in [-0.39, 0.29) is 0 Å². The second-order valence-electron chi connectivity index (χ2n) is 18.1. The van der Waals surface area contributed by atoms with Gasteiger partial charge in [0.1, 0.15) is 0 Å². The molecule has 70 heavy (non-hydrogen) atoms. The molecule has 1 heterocycles. The van der Waals surface area contributed by atoms with Gasteiger partial charge in [0, 0.05) is 39.8 Å². The van der Waals surface area contributed by atoms with Gasteiger partial charge in [-0.05, 0) is 153 Å². The van der Waals surface area contributed by atoms with Crippen LogP contribution in [0.15, 0.2) is 285 Å². The van der Waals surface area contributed by atoms with Gasteiger partial charge >= 0.3 is 0 Å². The lowest BCUT2D eigenvalue weighted by atomic mass is 9.64. The highest BCUT2D eigenvalue weighted by Crippen LogP contribution is 2.64. The largest absolute Gasteiger partial charge is 0.310 e. The fourth-order valence-electron chi connectivity index (χ4n) is 11.2. The van der Waals surface area contributed by atoms with Crippen LogP contribution in [0.5, 0.6) is 0 Å². The molecule has 0 saturated heterocycles. The van der Waals surface area contributed by atoms with Crippen molar-refractivity contribution >= 4 is 51.2 Å². The van der Waals surface area contributed by atoms with E-state index in [1.54, 1.807) is 0 Å². The Bertz CT molecular complexity index is 3410. The number of hydrogen-bond donors (Lipinski definition) is 0. The summed E-state index contributed by atoms with van der Waals surface area (Å²) >= 11 is 0. The normalized spacial score (nSPS) is 12.7. The molecule has 0 amide bonds. The van der Waals surface area contributed by atoms with E-state index in [9.17, 15) is 0 Å². The van der Waals surface area contributed by atoms with Gasteiger partial charge in [0.15, 0.2) is 0 Å². The lowest BCUT2D eigenvalue weighted by Gasteiger charge is -2.45. The van der Waals surface area contributed by atoms with Crippen molar-refractivity contribution in [3.8, 4) is 33.4 Å². The van der Waals surface area contributed by atoms with E-state index in [2.05, 4.69) is 300 Å². The van der Waals surface area contributed by atoms with Crippen LogP contribution in [0.1, 0.15) is 22.3 Å². The molecule has 11 aromatic carbocycles. The highest BCUT2D eigenvalue weighted by Gasteiger charge is 2.52. The van der Waals surface area contributed by atoms with Crippen molar-refractivity contribution in [2.75, 3.05) is 14.7 Å². The molecule has 3 heteroatoms. The van der Waals surface area contributed by atoms with Crippen LogP contribution in [0, 0.1) is 0 Å². The van der Waals surface area contributed by atoms with Crippen molar-refractivity contribution in [2.45, 2.75) is 5.41 Å². The molecule has 1 aliphatic carbocycles. The first-order valence-electron chi connectivity index (χ1n) is 24.1. The number of para-hydroxylation sites is 5. The summed E-state index contributed by atoms with van der Waals surface area (Å²) in [4.78, 5) is 7.27. The van der Waals surface area contributed by atoms with Gasteiger partial charge in [0.05, 0.1) is 16.8 Å². The Morgan fingerprint density at radius 3 is 0.971 bits per heavy atom. The lowest BCUT2D eigenvalue weighted by molar-refractivity contribution is 0.752. The van der Waals surface area contributed by atoms with Crippen LogP contribution >= 0.6 is 0 Å². The monoisotopic (exact) mass is 893 g/mol. The molecule has 0 saturated carbocycles. The van der Waals surface area contributed by atoms with Gasteiger partial charge in [-0.2, -0.15) is 0 Å². The standard InChI is InChI=1S/C67H47N3/c1-6-20-48(21-7-1)50-34-38-55(39-35-50)68(52-24-10-3-11-25-52)57-42-44-59-60-45-43-58(69(53-26-12-4-13-27-53)56-40-36-51(37-41-56)49-22-8-2-9-23-49)47-64(60)67(63(59)46-57)61-30-16-18-32-65(61)70(54-28-14-5-15-29-54)66-33-19-17-31-62(66)67/h1-47H. The molecule has 3 nitrogen and oxygen atoms in total. The van der Waals surface area contributed by atoms with Crippen LogP contribution in [-0.4, -0.2) is 0 Å². The van der Waals surface area contributed by atoms with Crippen LogP contribution in [0.25, 0.3) is 33.4 Å². The molecule has 0 radical (unpaired) electrons. The van der Waals surface area contributed by atoms with Crippen LogP contribution in [0.2, 0.25) is 0 Å². The van der Waals surface area contributed by atoms with E-state index in [0.717, 1.165) is 51.2 Å². The van der Waals surface area contributed by atoms with Crippen molar-refractivity contribution < 1.29 is 0 Å². The molecule has 330 valence electrons. The fourth-order valence-corrected chi connectivity index (χ4v) is 11.2. The average Bonchev–Trinajstić information content (AvgIpc) is 3.72. The number of anilines is 9. The lowest BCUT2D eigenvalue weighted by Crippen LogP contribution is -2.36. The Morgan fingerprint density at radius 1 is 0.243 bits per heavy atom. The molecule has 13 rings (SSSR count). The Morgan fingerprint density at radius 2 is 0.557 bits per heavy atom. The zero-order valence-corrected chi connectivity index (χ0v) is 38.5. The second kappa shape index (κ2) is 17.2. The zero-order chi connectivity index (χ0) is 46.4. The van der Waals surface area contributed by atoms with Crippen molar-refractivity contribution in [2.24, 2.45) is 0 Å². The highest BCUT2D eigenvalue weighted by atomic mass is 15.2. The van der Waals surface area contributed by atoms with Gasteiger partial charge in [-0.25, -0.2) is 0 Å². The molecule has 11 aromatic rings. The van der Waals surface area contributed by atoms with Gasteiger partial charge in [0.25, 0.3) is 0 Å². The third kappa shape index (κ3) is 6.74. The summed E-state index contributed by atoms with van der Waals surface area (Å²) in [5, 5.41) is 0. The smallest absolute Gasteiger partial charge is 0.0755 e. The summed E-state index contributed by atoms with van der Waals surface area (Å²) in [5.41, 5.74) is 21.5. The minimum absolute atomic E-state index is 0.700. The third-order valence-corrected chi connectivity index (χ3v) is 14.2. The average molecular weight is 894 g/mol. The maximum atomic E-state index is 2.48. The summed E-state index contributed by atoms with van der Waals surface area (Å²) in [5.74, 6) is 0. The maximum absolute atomic E-state index is 2.48. The number of hydrogen-bond acceptors (Lipinski definition) is 3. The summed E-state index contributed by atoms with van der Waals surface area (Å²) < 4.78 is 0. The van der Waals surface area contributed by atoms with E-state index >= 15 is 0 Å². The van der Waals surface area contributed by atoms with E-state index < -0.39 is 5.41 Å². The predicted octanol–water partition coefficient (Wildman–Crippen LogP) is 18.1. The van der Waals surface area contributed by atoms with Gasteiger partial charge < -0.3 is 14.7 Å². The van der Waals surface area contributed by atoms with Gasteiger partial charge in [-0.3, -0.25) is 0 Å². The molecule has 0 fully saturated rings. The summed E-state index contributed by atoms with van der Waals surface area (Å²) in [7, 11) is 0. The molecular formula is C67H47N3. The maximum Gasteiger partial charge on any atom is 0.0755 e. The third-order valence-electron chi connectivity index (χ3n) is 14.2. The first kappa shape index (κ1) is 41.0. The van der Waals surface area contributed by atoms with Crippen molar-refractivity contribution in [3.63, 3.8) is 0 Å². The highest BCUT2D eigenvalue weighted by molar-refractivity contribution is 5.98. The topological polar surface area (TPSA) is 9.72 Å². The molecular weight excluding hydrogens is 847 g/mol. The molecule has 0 N–H and O–H groups in total. The second-order valence-corrected chi connectivity index (χ2v) is 18.1. The summed E-state index contributed by atoms with van der Waals surface area (Å²) in [6.07, 6.45) is 0. The van der Waals surface area contributed by atoms with Gasteiger partial charge in [-0.1, -0.05) is 188 Å². The first-order chi connectivity index (χ1) is 34.7. The minimum Gasteiger partial charge on any atom is -0.310 e. The van der Waals surface area contributed by atoms with Gasteiger partial charge in [-0.15, -0.1) is 0 Å². The van der Waals surface area contributed by atoms with Gasteiger partial charge in [0.2, 0.25) is 0 Å². The summed E-state index contributed by atoms with van der Waals surface area (Å²) in [6, 6.07) is 104. The van der Waals surface area contributed by atoms with Crippen LogP contribution in [0.4, 0.5) is 51.2 Å². The SMILES string of the molecule is c1ccc(-c2ccc(N(c3ccccc3)c3ccc4c(c3)C3(c5cc(N(c6ccccc6)c6ccc(-c7ccccc7)cc6)ccc5-4)c4ccccc4N(c4ccccc4)c4ccccc43)cc2)cc1. The van der Waals surface area contributed by atoms with Crippen molar-refractivity contribution in [1.82, 2.24) is 0 Å². The quantitative estimate of drug-likeness (QED) is 0.143. The Balaban J connectivity index is 1.05. The van der Waals surface area contributed by atoms with E-state index in [1.165, 1.54) is 55.6 Å². The fraction of sp³-hybridized carbons (Fsp3) is 0.0149. The molecule has 1 aliphatic heterocycles. The minimum atomic E-state index is -0.700. The molecule has 1 spiro atoms. The Hall–Kier alpha value is -9.18. The van der Waals surface area contributed by atoms with Crippen molar-refractivity contribution in [1.29, 1.82) is 0 Å². The zero-order valence-electron chi connectivity index (χ0n) is 38.5. The van der Waals surface area contributed by atoms with Crippen LogP contribution in [-0.2, 0) is 5.41 Å². The molecule has 0 atom stereocenters. The molecule has 0 aromatic heterocycles.